The number of aryl methyl sites for hydroxylation is 1. The zero-order chi connectivity index (χ0) is 12.1. The maximum absolute atomic E-state index is 2.31. The smallest absolute Gasteiger partial charge is 0.0707 e. The monoisotopic (exact) mass is 269 g/mol. The summed E-state index contributed by atoms with van der Waals surface area (Å²) in [5.41, 5.74) is 4.00. The molecule has 0 saturated heterocycles. The predicted octanol–water partition coefficient (Wildman–Crippen LogP) is 5.12. The first-order valence-electron chi connectivity index (χ1n) is 5.85. The van der Waals surface area contributed by atoms with Crippen molar-refractivity contribution in [2.45, 2.75) is 0 Å². The van der Waals surface area contributed by atoms with Crippen LogP contribution < -0.4 is 0 Å². The number of nitrogens with zero attached hydrogens (tertiary/aromatic N) is 1. The van der Waals surface area contributed by atoms with Gasteiger partial charge in [0.25, 0.3) is 0 Å². The van der Waals surface area contributed by atoms with Crippen molar-refractivity contribution in [3.63, 3.8) is 0 Å². The van der Waals surface area contributed by atoms with Crippen LogP contribution in [0.5, 0.6) is 0 Å². The highest BCUT2D eigenvalue weighted by molar-refractivity contribution is 7.28. The van der Waals surface area contributed by atoms with Crippen LogP contribution in [0.4, 0.5) is 0 Å². The van der Waals surface area contributed by atoms with Crippen LogP contribution in [-0.4, -0.2) is 4.57 Å². The molecule has 4 aromatic rings. The third-order valence-electron chi connectivity index (χ3n) is 3.34. The molecule has 0 atom stereocenters. The lowest BCUT2D eigenvalue weighted by molar-refractivity contribution is 1.02. The topological polar surface area (TPSA) is 4.93 Å². The van der Waals surface area contributed by atoms with Gasteiger partial charge in [0.2, 0.25) is 0 Å². The van der Waals surface area contributed by atoms with Gasteiger partial charge in [-0.2, -0.15) is 0 Å². The average Bonchev–Trinajstić information content (AvgIpc) is 3.08. The molecule has 0 spiro atoms. The number of thiophene rings is 2. The molecule has 0 saturated carbocycles. The van der Waals surface area contributed by atoms with Gasteiger partial charge < -0.3 is 4.57 Å². The van der Waals surface area contributed by atoms with Gasteiger partial charge in [-0.1, -0.05) is 30.3 Å². The maximum atomic E-state index is 2.31. The Balaban J connectivity index is 2.05. The summed E-state index contributed by atoms with van der Waals surface area (Å²) in [6.45, 7) is 0. The van der Waals surface area contributed by atoms with Crippen molar-refractivity contribution in [3.8, 4) is 10.4 Å². The summed E-state index contributed by atoms with van der Waals surface area (Å²) in [5, 5.41) is 2.17. The van der Waals surface area contributed by atoms with E-state index < -0.39 is 0 Å². The molecule has 88 valence electrons. The third kappa shape index (κ3) is 1.32. The fourth-order valence-corrected chi connectivity index (χ4v) is 4.69. The highest BCUT2D eigenvalue weighted by Crippen LogP contribution is 2.41. The summed E-state index contributed by atoms with van der Waals surface area (Å²) in [7, 11) is 2.15. The quantitative estimate of drug-likeness (QED) is 0.452. The molecule has 3 heteroatoms. The second kappa shape index (κ2) is 3.70. The summed E-state index contributed by atoms with van der Waals surface area (Å²) in [5.74, 6) is 0. The first kappa shape index (κ1) is 10.4. The van der Waals surface area contributed by atoms with Crippen LogP contribution in [0.1, 0.15) is 0 Å². The number of benzene rings is 1. The molecule has 4 rings (SSSR count). The molecule has 0 fully saturated rings. The van der Waals surface area contributed by atoms with Gasteiger partial charge in [-0.3, -0.25) is 0 Å². The first-order valence-corrected chi connectivity index (χ1v) is 7.55. The van der Waals surface area contributed by atoms with Gasteiger partial charge in [0.05, 0.1) is 20.4 Å². The van der Waals surface area contributed by atoms with E-state index in [4.69, 9.17) is 0 Å². The molecule has 0 radical (unpaired) electrons. The molecule has 1 nitrogen and oxygen atoms in total. The van der Waals surface area contributed by atoms with Gasteiger partial charge in [-0.15, -0.1) is 22.7 Å². The van der Waals surface area contributed by atoms with Gasteiger partial charge in [0.1, 0.15) is 0 Å². The van der Waals surface area contributed by atoms with E-state index in [2.05, 4.69) is 59.5 Å². The van der Waals surface area contributed by atoms with Crippen LogP contribution in [0.25, 0.3) is 30.9 Å². The zero-order valence-electron chi connectivity index (χ0n) is 9.88. The molecular weight excluding hydrogens is 258 g/mol. The van der Waals surface area contributed by atoms with Crippen LogP contribution >= 0.6 is 22.7 Å². The first-order chi connectivity index (χ1) is 8.84. The summed E-state index contributed by atoms with van der Waals surface area (Å²) >= 11 is 3.73. The molecule has 3 heterocycles. The van der Waals surface area contributed by atoms with E-state index in [9.17, 15) is 0 Å². The minimum Gasteiger partial charge on any atom is -0.342 e. The Morgan fingerprint density at radius 1 is 0.944 bits per heavy atom. The summed E-state index contributed by atoms with van der Waals surface area (Å²) < 4.78 is 5.13. The van der Waals surface area contributed by atoms with Gasteiger partial charge in [-0.25, -0.2) is 0 Å². The molecule has 1 aromatic carbocycles. The van der Waals surface area contributed by atoms with E-state index in [-0.39, 0.29) is 0 Å². The fourth-order valence-electron chi connectivity index (χ4n) is 2.40. The Morgan fingerprint density at radius 2 is 1.78 bits per heavy atom. The number of aromatic nitrogens is 1. The van der Waals surface area contributed by atoms with E-state index in [1.165, 1.54) is 30.9 Å². The minimum atomic E-state index is 1.31. The highest BCUT2D eigenvalue weighted by Gasteiger charge is 2.13. The summed E-state index contributed by atoms with van der Waals surface area (Å²) in [6.07, 6.45) is 0. The van der Waals surface area contributed by atoms with E-state index in [0.717, 1.165) is 0 Å². The van der Waals surface area contributed by atoms with Gasteiger partial charge in [0.15, 0.2) is 0 Å². The van der Waals surface area contributed by atoms with Crippen LogP contribution in [-0.2, 0) is 7.05 Å². The van der Waals surface area contributed by atoms with Crippen molar-refractivity contribution < 1.29 is 0 Å². The Morgan fingerprint density at radius 3 is 2.61 bits per heavy atom. The van der Waals surface area contributed by atoms with Gasteiger partial charge >= 0.3 is 0 Å². The predicted molar refractivity (Wildman–Crippen MR) is 81.6 cm³/mol. The number of hydrogen-bond acceptors (Lipinski definition) is 2. The Hall–Kier alpha value is -1.58. The molecule has 0 aliphatic carbocycles. The molecule has 18 heavy (non-hydrogen) atoms. The maximum Gasteiger partial charge on any atom is 0.0707 e. The SMILES string of the molecule is Cn1c2ccsc2c2sc(-c3ccccc3)cc21. The summed E-state index contributed by atoms with van der Waals surface area (Å²) in [6, 6.07) is 15.1. The lowest BCUT2D eigenvalue weighted by Gasteiger charge is -1.96. The Labute approximate surface area is 113 Å². The van der Waals surface area contributed by atoms with Crippen LogP contribution in [0, 0.1) is 0 Å². The van der Waals surface area contributed by atoms with E-state index >= 15 is 0 Å². The van der Waals surface area contributed by atoms with Crippen molar-refractivity contribution in [2.75, 3.05) is 0 Å². The van der Waals surface area contributed by atoms with Crippen molar-refractivity contribution in [2.24, 2.45) is 7.05 Å². The fraction of sp³-hybridized carbons (Fsp3) is 0.0667. The second-order valence-electron chi connectivity index (χ2n) is 4.39. The lowest BCUT2D eigenvalue weighted by atomic mass is 10.2. The van der Waals surface area contributed by atoms with Crippen LogP contribution in [0.15, 0.2) is 47.8 Å². The molecule has 0 aliphatic heterocycles. The van der Waals surface area contributed by atoms with Crippen LogP contribution in [0.3, 0.4) is 0 Å². The number of fused-ring (bicyclic) bond motifs is 3. The van der Waals surface area contributed by atoms with E-state index in [1.54, 1.807) is 0 Å². The van der Waals surface area contributed by atoms with Gasteiger partial charge in [0, 0.05) is 11.9 Å². The molecule has 0 bridgehead atoms. The highest BCUT2D eigenvalue weighted by atomic mass is 32.1. The lowest BCUT2D eigenvalue weighted by Crippen LogP contribution is -1.83. The van der Waals surface area contributed by atoms with Gasteiger partial charge in [-0.05, 0) is 23.1 Å². The third-order valence-corrected chi connectivity index (χ3v) is 5.59. The minimum absolute atomic E-state index is 1.31. The second-order valence-corrected chi connectivity index (χ2v) is 6.35. The van der Waals surface area contributed by atoms with Crippen LogP contribution in [0.2, 0.25) is 0 Å². The normalized spacial score (nSPS) is 11.6. The van der Waals surface area contributed by atoms with Crippen molar-refractivity contribution in [1.82, 2.24) is 4.57 Å². The largest absolute Gasteiger partial charge is 0.342 e. The van der Waals surface area contributed by atoms with E-state index in [1.807, 2.05) is 22.7 Å². The molecular formula is C15H11NS2. The average molecular weight is 269 g/mol. The number of rotatable bonds is 1. The Bertz CT molecular complexity index is 833. The summed E-state index contributed by atoms with van der Waals surface area (Å²) in [4.78, 5) is 1.35. The molecule has 0 N–H and O–H groups in total. The van der Waals surface area contributed by atoms with Crippen molar-refractivity contribution in [3.05, 3.63) is 47.8 Å². The molecule has 3 aromatic heterocycles. The zero-order valence-corrected chi connectivity index (χ0v) is 11.5. The van der Waals surface area contributed by atoms with Crippen molar-refractivity contribution in [1.29, 1.82) is 0 Å². The van der Waals surface area contributed by atoms with E-state index in [0.29, 0.717) is 0 Å². The number of hydrogen-bond donors (Lipinski definition) is 0. The molecule has 0 aliphatic rings. The standard InChI is InChI=1S/C15H11NS2/c1-16-11-7-8-17-14(11)15-12(16)9-13(18-15)10-5-3-2-4-6-10/h2-9H,1H3. The Kier molecular flexibility index (Phi) is 2.13. The molecule has 0 amide bonds. The van der Waals surface area contributed by atoms with Crippen molar-refractivity contribution >= 4 is 43.1 Å². The molecule has 0 unspecified atom stereocenters.